The van der Waals surface area contributed by atoms with E-state index in [9.17, 15) is 0 Å². The predicted molar refractivity (Wildman–Crippen MR) is 69.4 cm³/mol. The Morgan fingerprint density at radius 1 is 1.00 bits per heavy atom. The fourth-order valence-electron chi connectivity index (χ4n) is 2.35. The second kappa shape index (κ2) is 3.97. The second-order valence-electron chi connectivity index (χ2n) is 4.84. The Bertz CT molecular complexity index is 515. The van der Waals surface area contributed by atoms with Crippen LogP contribution in [0.4, 0.5) is 0 Å². The summed E-state index contributed by atoms with van der Waals surface area (Å²) in [5, 5.41) is 0. The molecule has 2 heteroatoms. The molecular weight excluding hydrogens is 208 g/mol. The third-order valence-electron chi connectivity index (χ3n) is 3.67. The topological polar surface area (TPSA) is 38.9 Å². The zero-order valence-corrected chi connectivity index (χ0v) is 9.76. The first-order valence-electron chi connectivity index (χ1n) is 6.08. The van der Waals surface area contributed by atoms with E-state index in [1.807, 2.05) is 30.6 Å². The molecule has 0 spiro atoms. The molecule has 2 N–H and O–H groups in total. The molecule has 3 rings (SSSR count). The minimum absolute atomic E-state index is 0.127. The minimum atomic E-state index is -0.127. The quantitative estimate of drug-likeness (QED) is 0.851. The molecule has 1 fully saturated rings. The first-order chi connectivity index (χ1) is 8.28. The predicted octanol–water partition coefficient (Wildman–Crippen LogP) is 3.09. The number of nitrogens with two attached hydrogens (primary N) is 1. The van der Waals surface area contributed by atoms with Crippen molar-refractivity contribution in [1.82, 2.24) is 4.98 Å². The van der Waals surface area contributed by atoms with Crippen molar-refractivity contribution in [3.05, 3.63) is 54.4 Å². The molecule has 1 aliphatic carbocycles. The molecule has 0 atom stereocenters. The maximum absolute atomic E-state index is 6.33. The average Bonchev–Trinajstić information content (AvgIpc) is 2.37. The van der Waals surface area contributed by atoms with Crippen LogP contribution in [0.1, 0.15) is 24.8 Å². The van der Waals surface area contributed by atoms with E-state index in [0.717, 1.165) is 18.4 Å². The highest BCUT2D eigenvalue weighted by Crippen LogP contribution is 2.39. The van der Waals surface area contributed by atoms with Gasteiger partial charge in [-0.05, 0) is 36.5 Å². The van der Waals surface area contributed by atoms with Gasteiger partial charge >= 0.3 is 0 Å². The monoisotopic (exact) mass is 224 g/mol. The van der Waals surface area contributed by atoms with E-state index in [0.29, 0.717) is 0 Å². The van der Waals surface area contributed by atoms with E-state index in [1.54, 1.807) is 0 Å². The standard InChI is InChI=1S/C15H16N2/c16-15(7-4-8-15)14-9-13(10-17-11-14)12-5-2-1-3-6-12/h1-3,5-6,9-11H,4,7-8,16H2. The smallest absolute Gasteiger partial charge is 0.0425 e. The normalized spacial score (nSPS) is 17.5. The van der Waals surface area contributed by atoms with Crippen molar-refractivity contribution in [2.24, 2.45) is 5.73 Å². The summed E-state index contributed by atoms with van der Waals surface area (Å²) in [6.45, 7) is 0. The van der Waals surface area contributed by atoms with Gasteiger partial charge in [-0.1, -0.05) is 30.3 Å². The summed E-state index contributed by atoms with van der Waals surface area (Å²) in [4.78, 5) is 4.33. The number of pyridine rings is 1. The summed E-state index contributed by atoms with van der Waals surface area (Å²) in [7, 11) is 0. The number of nitrogens with zero attached hydrogens (tertiary/aromatic N) is 1. The third-order valence-corrected chi connectivity index (χ3v) is 3.67. The Labute approximate surface area is 102 Å². The summed E-state index contributed by atoms with van der Waals surface area (Å²) in [6.07, 6.45) is 7.19. The van der Waals surface area contributed by atoms with Gasteiger partial charge in [-0.2, -0.15) is 0 Å². The molecule has 0 bridgehead atoms. The maximum atomic E-state index is 6.33. The number of aromatic nitrogens is 1. The molecule has 1 saturated carbocycles. The zero-order chi connectivity index (χ0) is 11.7. The lowest BCUT2D eigenvalue weighted by atomic mass is 9.73. The Morgan fingerprint density at radius 3 is 2.41 bits per heavy atom. The highest BCUT2D eigenvalue weighted by atomic mass is 14.8. The number of hydrogen-bond donors (Lipinski definition) is 1. The van der Waals surface area contributed by atoms with Crippen LogP contribution >= 0.6 is 0 Å². The Hall–Kier alpha value is -1.67. The van der Waals surface area contributed by atoms with E-state index in [2.05, 4.69) is 23.2 Å². The van der Waals surface area contributed by atoms with Crippen molar-refractivity contribution in [3.8, 4) is 11.1 Å². The van der Waals surface area contributed by atoms with Gasteiger partial charge in [0.1, 0.15) is 0 Å². The molecule has 2 aromatic rings. The molecule has 2 nitrogen and oxygen atoms in total. The molecule has 1 aromatic carbocycles. The van der Waals surface area contributed by atoms with E-state index in [4.69, 9.17) is 5.73 Å². The number of hydrogen-bond acceptors (Lipinski definition) is 2. The molecule has 0 unspecified atom stereocenters. The average molecular weight is 224 g/mol. The van der Waals surface area contributed by atoms with Crippen LogP contribution in [0.15, 0.2) is 48.8 Å². The Balaban J connectivity index is 2.00. The fourth-order valence-corrected chi connectivity index (χ4v) is 2.35. The SMILES string of the molecule is NC1(c2cncc(-c3ccccc3)c2)CCC1. The van der Waals surface area contributed by atoms with Gasteiger partial charge < -0.3 is 5.73 Å². The number of benzene rings is 1. The third kappa shape index (κ3) is 1.85. The van der Waals surface area contributed by atoms with Crippen molar-refractivity contribution in [2.45, 2.75) is 24.8 Å². The second-order valence-corrected chi connectivity index (χ2v) is 4.84. The van der Waals surface area contributed by atoms with Crippen LogP contribution < -0.4 is 5.73 Å². The van der Waals surface area contributed by atoms with Crippen molar-refractivity contribution in [2.75, 3.05) is 0 Å². The molecule has 1 heterocycles. The van der Waals surface area contributed by atoms with Gasteiger partial charge in [0.05, 0.1) is 0 Å². The summed E-state index contributed by atoms with van der Waals surface area (Å²) in [5.41, 5.74) is 9.73. The van der Waals surface area contributed by atoms with Crippen LogP contribution in [0.2, 0.25) is 0 Å². The summed E-state index contributed by atoms with van der Waals surface area (Å²) < 4.78 is 0. The van der Waals surface area contributed by atoms with Crippen LogP contribution in [0.3, 0.4) is 0 Å². The lowest BCUT2D eigenvalue weighted by Crippen LogP contribution is -2.43. The fraction of sp³-hybridized carbons (Fsp3) is 0.267. The molecular formula is C15H16N2. The first kappa shape index (κ1) is 10.5. The van der Waals surface area contributed by atoms with Gasteiger partial charge in [-0.25, -0.2) is 0 Å². The van der Waals surface area contributed by atoms with E-state index < -0.39 is 0 Å². The molecule has 0 amide bonds. The van der Waals surface area contributed by atoms with Gasteiger partial charge in [-0.3, -0.25) is 4.98 Å². The van der Waals surface area contributed by atoms with E-state index in [-0.39, 0.29) is 5.54 Å². The molecule has 0 saturated heterocycles. The minimum Gasteiger partial charge on any atom is -0.321 e. The molecule has 1 aromatic heterocycles. The molecule has 0 aliphatic heterocycles. The van der Waals surface area contributed by atoms with Crippen LogP contribution in [0.5, 0.6) is 0 Å². The van der Waals surface area contributed by atoms with Crippen LogP contribution in [0, 0.1) is 0 Å². The van der Waals surface area contributed by atoms with E-state index >= 15 is 0 Å². The van der Waals surface area contributed by atoms with Crippen molar-refractivity contribution in [1.29, 1.82) is 0 Å². The van der Waals surface area contributed by atoms with Gasteiger partial charge in [0.2, 0.25) is 0 Å². The molecule has 0 radical (unpaired) electrons. The molecule has 1 aliphatic rings. The lowest BCUT2D eigenvalue weighted by Gasteiger charge is -2.38. The molecule has 17 heavy (non-hydrogen) atoms. The summed E-state index contributed by atoms with van der Waals surface area (Å²) >= 11 is 0. The Morgan fingerprint density at radius 2 is 1.76 bits per heavy atom. The lowest BCUT2D eigenvalue weighted by molar-refractivity contribution is 0.253. The first-order valence-corrected chi connectivity index (χ1v) is 6.08. The zero-order valence-electron chi connectivity index (χ0n) is 9.76. The van der Waals surface area contributed by atoms with Crippen molar-refractivity contribution >= 4 is 0 Å². The van der Waals surface area contributed by atoms with E-state index in [1.165, 1.54) is 17.5 Å². The van der Waals surface area contributed by atoms with Gasteiger partial charge in [0.15, 0.2) is 0 Å². The largest absolute Gasteiger partial charge is 0.321 e. The van der Waals surface area contributed by atoms with Crippen LogP contribution in [-0.2, 0) is 5.54 Å². The van der Waals surface area contributed by atoms with Crippen molar-refractivity contribution in [3.63, 3.8) is 0 Å². The van der Waals surface area contributed by atoms with Crippen LogP contribution in [-0.4, -0.2) is 4.98 Å². The maximum Gasteiger partial charge on any atom is 0.0425 e. The molecule has 86 valence electrons. The summed E-state index contributed by atoms with van der Waals surface area (Å²) in [6, 6.07) is 12.5. The van der Waals surface area contributed by atoms with Gasteiger partial charge in [-0.15, -0.1) is 0 Å². The van der Waals surface area contributed by atoms with Crippen LogP contribution in [0.25, 0.3) is 11.1 Å². The summed E-state index contributed by atoms with van der Waals surface area (Å²) in [5.74, 6) is 0. The van der Waals surface area contributed by atoms with Gasteiger partial charge in [0.25, 0.3) is 0 Å². The van der Waals surface area contributed by atoms with Gasteiger partial charge in [0, 0.05) is 23.5 Å². The van der Waals surface area contributed by atoms with Crippen molar-refractivity contribution < 1.29 is 0 Å². The highest BCUT2D eigenvalue weighted by molar-refractivity contribution is 5.63. The highest BCUT2D eigenvalue weighted by Gasteiger charge is 2.34. The number of rotatable bonds is 2. The Kier molecular flexibility index (Phi) is 2.45.